The number of pyridine rings is 1. The van der Waals surface area contributed by atoms with E-state index in [1.54, 1.807) is 12.3 Å². The van der Waals surface area contributed by atoms with Crippen molar-refractivity contribution in [1.82, 2.24) is 15.0 Å². The molecule has 3 aromatic rings. The summed E-state index contributed by atoms with van der Waals surface area (Å²) in [6.45, 7) is 2.39. The normalized spacial score (nSPS) is 10.3. The minimum atomic E-state index is -0.980. The molecular weight excluding hydrogens is 330 g/mol. The van der Waals surface area contributed by atoms with Crippen LogP contribution < -0.4 is 10.6 Å². The Bertz CT molecular complexity index is 899. The minimum Gasteiger partial charge on any atom is -0.480 e. The summed E-state index contributed by atoms with van der Waals surface area (Å²) >= 11 is 0. The molecule has 7 nitrogen and oxygen atoms in total. The van der Waals surface area contributed by atoms with Crippen LogP contribution in [0.25, 0.3) is 11.4 Å². The van der Waals surface area contributed by atoms with Gasteiger partial charge in [-0.2, -0.15) is 4.98 Å². The van der Waals surface area contributed by atoms with E-state index < -0.39 is 5.97 Å². The van der Waals surface area contributed by atoms with E-state index in [-0.39, 0.29) is 12.5 Å². The number of aliphatic carboxylic acids is 1. The van der Waals surface area contributed by atoms with Crippen LogP contribution in [0.4, 0.5) is 11.8 Å². The van der Waals surface area contributed by atoms with Crippen molar-refractivity contribution in [3.05, 3.63) is 65.9 Å². The highest BCUT2D eigenvalue weighted by molar-refractivity contribution is 5.72. The van der Waals surface area contributed by atoms with Crippen LogP contribution in [-0.2, 0) is 11.3 Å². The standard InChI is InChI=1S/C19H19N5O2/c1-13-6-2-3-7-14(13)11-21-17-10-16(15-8-4-5-9-20-15)23-19(24-17)22-12-18(25)26/h2-10H,11-12H2,1H3,(H,25,26)(H2,21,22,23,24). The lowest BCUT2D eigenvalue weighted by Gasteiger charge is -2.11. The number of hydrogen-bond acceptors (Lipinski definition) is 6. The molecule has 0 saturated carbocycles. The summed E-state index contributed by atoms with van der Waals surface area (Å²) in [4.78, 5) is 23.8. The van der Waals surface area contributed by atoms with Crippen molar-refractivity contribution in [1.29, 1.82) is 0 Å². The third kappa shape index (κ3) is 4.54. The molecule has 2 aromatic heterocycles. The molecule has 132 valence electrons. The fourth-order valence-corrected chi connectivity index (χ4v) is 2.41. The van der Waals surface area contributed by atoms with Gasteiger partial charge in [0.1, 0.15) is 12.4 Å². The topological polar surface area (TPSA) is 100 Å². The lowest BCUT2D eigenvalue weighted by atomic mass is 10.1. The fourth-order valence-electron chi connectivity index (χ4n) is 2.41. The molecule has 0 aliphatic rings. The highest BCUT2D eigenvalue weighted by atomic mass is 16.4. The lowest BCUT2D eigenvalue weighted by molar-refractivity contribution is -0.134. The Hall–Kier alpha value is -3.48. The summed E-state index contributed by atoms with van der Waals surface area (Å²) in [6.07, 6.45) is 1.68. The average molecular weight is 349 g/mol. The third-order valence-corrected chi connectivity index (χ3v) is 3.77. The quantitative estimate of drug-likeness (QED) is 0.603. The maximum absolute atomic E-state index is 10.8. The Morgan fingerprint density at radius 3 is 2.58 bits per heavy atom. The average Bonchev–Trinajstić information content (AvgIpc) is 2.66. The minimum absolute atomic E-state index is 0.239. The Balaban J connectivity index is 1.86. The fraction of sp³-hybridized carbons (Fsp3) is 0.158. The number of carboxylic acids is 1. The highest BCUT2D eigenvalue weighted by Gasteiger charge is 2.09. The number of hydrogen-bond donors (Lipinski definition) is 3. The number of aromatic nitrogens is 3. The van der Waals surface area contributed by atoms with Gasteiger partial charge in [-0.25, -0.2) is 4.98 Å². The summed E-state index contributed by atoms with van der Waals surface area (Å²) in [5, 5.41) is 14.9. The van der Waals surface area contributed by atoms with E-state index in [4.69, 9.17) is 5.11 Å². The second-order valence-corrected chi connectivity index (χ2v) is 5.70. The highest BCUT2D eigenvalue weighted by Crippen LogP contribution is 2.20. The third-order valence-electron chi connectivity index (χ3n) is 3.77. The van der Waals surface area contributed by atoms with E-state index in [9.17, 15) is 4.79 Å². The van der Waals surface area contributed by atoms with Gasteiger partial charge in [0.2, 0.25) is 5.95 Å². The zero-order valence-corrected chi connectivity index (χ0v) is 14.3. The number of nitrogens with zero attached hydrogens (tertiary/aromatic N) is 3. The predicted molar refractivity (Wildman–Crippen MR) is 99.9 cm³/mol. The van der Waals surface area contributed by atoms with Gasteiger partial charge >= 0.3 is 5.97 Å². The number of carbonyl (C=O) groups is 1. The van der Waals surface area contributed by atoms with Crippen molar-refractivity contribution < 1.29 is 9.90 Å². The summed E-state index contributed by atoms with van der Waals surface area (Å²) in [7, 11) is 0. The summed E-state index contributed by atoms with van der Waals surface area (Å²) in [5.41, 5.74) is 3.64. The van der Waals surface area contributed by atoms with Crippen molar-refractivity contribution in [2.45, 2.75) is 13.5 Å². The largest absolute Gasteiger partial charge is 0.480 e. The van der Waals surface area contributed by atoms with Gasteiger partial charge in [0.15, 0.2) is 0 Å². The zero-order valence-electron chi connectivity index (χ0n) is 14.3. The van der Waals surface area contributed by atoms with E-state index in [1.165, 1.54) is 5.56 Å². The van der Waals surface area contributed by atoms with Crippen molar-refractivity contribution in [2.24, 2.45) is 0 Å². The monoisotopic (exact) mass is 349 g/mol. The van der Waals surface area contributed by atoms with Gasteiger partial charge in [0.05, 0.1) is 11.4 Å². The van der Waals surface area contributed by atoms with Gasteiger partial charge in [-0.1, -0.05) is 30.3 Å². The Morgan fingerprint density at radius 1 is 1.04 bits per heavy atom. The summed E-state index contributed by atoms with van der Waals surface area (Å²) in [6, 6.07) is 15.4. The van der Waals surface area contributed by atoms with Crippen molar-refractivity contribution in [2.75, 3.05) is 17.2 Å². The number of nitrogens with one attached hydrogen (secondary N) is 2. The molecule has 0 amide bonds. The van der Waals surface area contributed by atoms with Crippen LogP contribution in [0.2, 0.25) is 0 Å². The van der Waals surface area contributed by atoms with Gasteiger partial charge in [0, 0.05) is 18.8 Å². The van der Waals surface area contributed by atoms with E-state index in [0.29, 0.717) is 23.8 Å². The smallest absolute Gasteiger partial charge is 0.322 e. The lowest BCUT2D eigenvalue weighted by Crippen LogP contribution is -2.15. The van der Waals surface area contributed by atoms with Crippen LogP contribution in [0, 0.1) is 6.92 Å². The van der Waals surface area contributed by atoms with E-state index in [1.807, 2.05) is 36.4 Å². The van der Waals surface area contributed by atoms with Crippen LogP contribution in [-0.4, -0.2) is 32.6 Å². The number of anilines is 2. The number of carboxylic acid groups (broad SMARTS) is 1. The first-order valence-electron chi connectivity index (χ1n) is 8.16. The number of aryl methyl sites for hydroxylation is 1. The SMILES string of the molecule is Cc1ccccc1CNc1cc(-c2ccccn2)nc(NCC(=O)O)n1. The summed E-state index contributed by atoms with van der Waals surface area (Å²) < 4.78 is 0. The molecule has 3 rings (SSSR count). The number of rotatable bonds is 7. The second kappa shape index (κ2) is 8.06. The number of benzene rings is 1. The first-order valence-corrected chi connectivity index (χ1v) is 8.16. The predicted octanol–water partition coefficient (Wildman–Crippen LogP) is 2.96. The van der Waals surface area contributed by atoms with Crippen LogP contribution in [0.15, 0.2) is 54.7 Å². The van der Waals surface area contributed by atoms with E-state index in [2.05, 4.69) is 38.6 Å². The van der Waals surface area contributed by atoms with Gasteiger partial charge in [-0.3, -0.25) is 9.78 Å². The summed E-state index contributed by atoms with van der Waals surface area (Å²) in [5.74, 6) is -0.147. The molecule has 0 fully saturated rings. The Labute approximate surface area is 151 Å². The molecule has 0 bridgehead atoms. The molecule has 2 heterocycles. The van der Waals surface area contributed by atoms with Crippen LogP contribution in [0.1, 0.15) is 11.1 Å². The Morgan fingerprint density at radius 2 is 1.85 bits per heavy atom. The molecule has 0 atom stereocenters. The molecule has 26 heavy (non-hydrogen) atoms. The second-order valence-electron chi connectivity index (χ2n) is 5.70. The molecule has 0 unspecified atom stereocenters. The zero-order chi connectivity index (χ0) is 18.4. The van der Waals surface area contributed by atoms with Crippen LogP contribution in [0.3, 0.4) is 0 Å². The maximum atomic E-state index is 10.8. The first-order chi connectivity index (χ1) is 12.6. The van der Waals surface area contributed by atoms with Crippen molar-refractivity contribution in [3.8, 4) is 11.4 Å². The molecule has 0 spiro atoms. The van der Waals surface area contributed by atoms with Crippen LogP contribution >= 0.6 is 0 Å². The van der Waals surface area contributed by atoms with Crippen LogP contribution in [0.5, 0.6) is 0 Å². The van der Waals surface area contributed by atoms with Gasteiger partial charge in [-0.15, -0.1) is 0 Å². The first kappa shape index (κ1) is 17.3. The van der Waals surface area contributed by atoms with Crippen molar-refractivity contribution >= 4 is 17.7 Å². The van der Waals surface area contributed by atoms with Gasteiger partial charge in [-0.05, 0) is 30.2 Å². The van der Waals surface area contributed by atoms with Gasteiger partial charge < -0.3 is 15.7 Å². The molecule has 1 aromatic carbocycles. The van der Waals surface area contributed by atoms with Gasteiger partial charge in [0.25, 0.3) is 0 Å². The van der Waals surface area contributed by atoms with Crippen molar-refractivity contribution in [3.63, 3.8) is 0 Å². The molecule has 0 aliphatic carbocycles. The maximum Gasteiger partial charge on any atom is 0.322 e. The van der Waals surface area contributed by atoms with E-state index >= 15 is 0 Å². The molecule has 0 aliphatic heterocycles. The molecule has 7 heteroatoms. The molecule has 0 radical (unpaired) electrons. The Kier molecular flexibility index (Phi) is 5.38. The molecule has 3 N–H and O–H groups in total. The molecular formula is C19H19N5O2. The molecule has 0 saturated heterocycles. The van der Waals surface area contributed by atoms with E-state index in [0.717, 1.165) is 5.56 Å².